The monoisotopic (exact) mass is 444 g/mol. The van der Waals surface area contributed by atoms with Gasteiger partial charge in [-0.2, -0.15) is 0 Å². The number of anilines is 1. The van der Waals surface area contributed by atoms with Gasteiger partial charge in [-0.05, 0) is 42.9 Å². The van der Waals surface area contributed by atoms with Crippen molar-refractivity contribution in [2.75, 3.05) is 25.0 Å². The number of hydrogen-bond acceptors (Lipinski definition) is 4. The van der Waals surface area contributed by atoms with Crippen molar-refractivity contribution in [1.82, 2.24) is 15.7 Å². The smallest absolute Gasteiger partial charge is 0.319 e. The first kappa shape index (κ1) is 23.3. The Balaban J connectivity index is 1.81. The molecule has 0 heterocycles. The second-order valence-corrected chi connectivity index (χ2v) is 8.22. The van der Waals surface area contributed by atoms with Crippen LogP contribution in [0, 0.1) is 11.8 Å². The third kappa shape index (κ3) is 7.72. The van der Waals surface area contributed by atoms with Crippen molar-refractivity contribution in [3.05, 3.63) is 28.2 Å². The van der Waals surface area contributed by atoms with Crippen LogP contribution in [-0.2, 0) is 9.59 Å². The topological polar surface area (TPSA) is 111 Å². The molecule has 4 N–H and O–H groups in total. The van der Waals surface area contributed by atoms with E-state index in [-0.39, 0.29) is 31.3 Å². The van der Waals surface area contributed by atoms with Gasteiger partial charge < -0.3 is 15.5 Å². The van der Waals surface area contributed by atoms with Crippen LogP contribution in [0.2, 0.25) is 10.0 Å². The van der Waals surface area contributed by atoms with E-state index in [4.69, 9.17) is 28.4 Å². The molecule has 0 bridgehead atoms. The fourth-order valence-electron chi connectivity index (χ4n) is 2.98. The number of hydrogen-bond donors (Lipinski definition) is 4. The Kier molecular flexibility index (Phi) is 9.00. The maximum atomic E-state index is 12.6. The number of hydroxylamine groups is 1. The number of nitrogens with zero attached hydrogens (tertiary/aromatic N) is 1. The molecule has 1 atom stereocenters. The minimum absolute atomic E-state index is 0.149. The summed E-state index contributed by atoms with van der Waals surface area (Å²) >= 11 is 11.9. The molecule has 1 aromatic rings. The second-order valence-electron chi connectivity index (χ2n) is 7.37. The first-order valence-corrected chi connectivity index (χ1v) is 10.2. The van der Waals surface area contributed by atoms with Crippen LogP contribution in [0.5, 0.6) is 0 Å². The fourth-order valence-corrected chi connectivity index (χ4v) is 3.31. The Hall–Kier alpha value is -2.03. The zero-order valence-corrected chi connectivity index (χ0v) is 17.7. The Morgan fingerprint density at radius 2 is 2.00 bits per heavy atom. The van der Waals surface area contributed by atoms with E-state index in [9.17, 15) is 14.4 Å². The third-order valence-electron chi connectivity index (χ3n) is 4.83. The lowest BCUT2D eigenvalue weighted by Crippen LogP contribution is -2.44. The van der Waals surface area contributed by atoms with Crippen LogP contribution >= 0.6 is 23.2 Å². The highest BCUT2D eigenvalue weighted by Crippen LogP contribution is 2.27. The number of rotatable bonds is 9. The number of amides is 4. The summed E-state index contributed by atoms with van der Waals surface area (Å²) < 4.78 is 0. The Bertz CT molecular complexity index is 743. The lowest BCUT2D eigenvalue weighted by molar-refractivity contribution is -0.140. The largest absolute Gasteiger partial charge is 0.338 e. The predicted molar refractivity (Wildman–Crippen MR) is 111 cm³/mol. The van der Waals surface area contributed by atoms with Gasteiger partial charge in [0.2, 0.25) is 5.91 Å². The molecular formula is C19H26Cl2N4O4. The second kappa shape index (κ2) is 11.2. The number of carbonyl (C=O) groups is 3. The van der Waals surface area contributed by atoms with Gasteiger partial charge in [-0.25, -0.2) is 10.3 Å². The van der Waals surface area contributed by atoms with Crippen LogP contribution in [0.3, 0.4) is 0 Å². The summed E-state index contributed by atoms with van der Waals surface area (Å²) in [4.78, 5) is 37.6. The molecule has 29 heavy (non-hydrogen) atoms. The number of nitrogens with one attached hydrogen (secondary N) is 3. The standard InChI is InChI=1S/C19H26Cl2N4O4/c1-12(9-22-19(28)23-16-8-14(20)5-6-15(16)21)7-18(27)25(11-17(26)24-29)10-13-3-2-4-13/h5-6,8,12-13,29H,2-4,7,9-11H2,1H3,(H,24,26)(H2,22,23,28). The van der Waals surface area contributed by atoms with E-state index >= 15 is 0 Å². The molecule has 0 radical (unpaired) electrons. The summed E-state index contributed by atoms with van der Waals surface area (Å²) in [5.41, 5.74) is 1.96. The van der Waals surface area contributed by atoms with Gasteiger partial charge in [0.25, 0.3) is 5.91 Å². The van der Waals surface area contributed by atoms with Crippen LogP contribution in [0.25, 0.3) is 0 Å². The minimum Gasteiger partial charge on any atom is -0.338 e. The van der Waals surface area contributed by atoms with Gasteiger partial charge in [-0.3, -0.25) is 14.8 Å². The van der Waals surface area contributed by atoms with Gasteiger partial charge in [0.15, 0.2) is 0 Å². The fraction of sp³-hybridized carbons (Fsp3) is 0.526. The van der Waals surface area contributed by atoms with Crippen LogP contribution in [0.15, 0.2) is 18.2 Å². The van der Waals surface area contributed by atoms with Crippen molar-refractivity contribution in [2.24, 2.45) is 11.8 Å². The molecular weight excluding hydrogens is 419 g/mol. The Morgan fingerprint density at radius 3 is 2.62 bits per heavy atom. The van der Waals surface area contributed by atoms with Crippen LogP contribution in [-0.4, -0.2) is 47.6 Å². The van der Waals surface area contributed by atoms with E-state index in [0.29, 0.717) is 28.2 Å². The van der Waals surface area contributed by atoms with E-state index in [2.05, 4.69) is 10.6 Å². The molecule has 0 aromatic heterocycles. The summed E-state index contributed by atoms with van der Waals surface area (Å²) in [5.74, 6) is -0.564. The van der Waals surface area contributed by atoms with Crippen molar-refractivity contribution < 1.29 is 19.6 Å². The molecule has 1 fully saturated rings. The first-order chi connectivity index (χ1) is 13.8. The highest BCUT2D eigenvalue weighted by molar-refractivity contribution is 6.35. The van der Waals surface area contributed by atoms with Gasteiger partial charge in [0.1, 0.15) is 6.54 Å². The Labute approximate surface area is 179 Å². The van der Waals surface area contributed by atoms with Gasteiger partial charge in [-0.1, -0.05) is 36.5 Å². The highest BCUT2D eigenvalue weighted by atomic mass is 35.5. The lowest BCUT2D eigenvalue weighted by atomic mass is 9.85. The van der Waals surface area contributed by atoms with Crippen molar-refractivity contribution in [3.63, 3.8) is 0 Å². The molecule has 0 aliphatic heterocycles. The number of carbonyl (C=O) groups excluding carboxylic acids is 3. The van der Waals surface area contributed by atoms with Crippen molar-refractivity contribution >= 4 is 46.7 Å². The van der Waals surface area contributed by atoms with E-state index in [0.717, 1.165) is 19.3 Å². The van der Waals surface area contributed by atoms with E-state index < -0.39 is 11.9 Å². The zero-order valence-electron chi connectivity index (χ0n) is 16.2. The molecule has 1 aliphatic rings. The molecule has 10 heteroatoms. The highest BCUT2D eigenvalue weighted by Gasteiger charge is 2.26. The molecule has 0 spiro atoms. The number of halogens is 2. The molecule has 1 saturated carbocycles. The maximum absolute atomic E-state index is 12.6. The predicted octanol–water partition coefficient (Wildman–Crippen LogP) is 3.28. The summed E-state index contributed by atoms with van der Waals surface area (Å²) in [6.07, 6.45) is 3.37. The molecule has 1 unspecified atom stereocenters. The molecule has 1 aromatic carbocycles. The first-order valence-electron chi connectivity index (χ1n) is 9.49. The minimum atomic E-state index is -0.624. The lowest BCUT2D eigenvalue weighted by Gasteiger charge is -2.32. The zero-order chi connectivity index (χ0) is 21.4. The average Bonchev–Trinajstić information content (AvgIpc) is 2.64. The van der Waals surface area contributed by atoms with Crippen LogP contribution in [0.4, 0.5) is 10.5 Å². The van der Waals surface area contributed by atoms with E-state index in [1.165, 1.54) is 4.90 Å². The SMILES string of the molecule is CC(CNC(=O)Nc1cc(Cl)ccc1Cl)CC(=O)N(CC(=O)NO)CC1CCC1. The quantitative estimate of drug-likeness (QED) is 0.345. The number of benzene rings is 1. The van der Waals surface area contributed by atoms with E-state index in [1.807, 2.05) is 6.92 Å². The molecule has 1 aliphatic carbocycles. The molecule has 160 valence electrons. The van der Waals surface area contributed by atoms with Crippen molar-refractivity contribution in [1.29, 1.82) is 0 Å². The van der Waals surface area contributed by atoms with Gasteiger partial charge in [0.05, 0.1) is 10.7 Å². The van der Waals surface area contributed by atoms with E-state index in [1.54, 1.807) is 23.7 Å². The molecule has 4 amide bonds. The van der Waals surface area contributed by atoms with Crippen molar-refractivity contribution in [2.45, 2.75) is 32.6 Å². The molecule has 8 nitrogen and oxygen atoms in total. The summed E-state index contributed by atoms with van der Waals surface area (Å²) in [6, 6.07) is 4.29. The summed E-state index contributed by atoms with van der Waals surface area (Å²) in [6.45, 7) is 2.41. The third-order valence-corrected chi connectivity index (χ3v) is 5.39. The van der Waals surface area contributed by atoms with Gasteiger partial charge >= 0.3 is 6.03 Å². The Morgan fingerprint density at radius 1 is 1.28 bits per heavy atom. The van der Waals surface area contributed by atoms with Crippen LogP contribution in [0.1, 0.15) is 32.6 Å². The van der Waals surface area contributed by atoms with Crippen molar-refractivity contribution in [3.8, 4) is 0 Å². The summed E-state index contributed by atoms with van der Waals surface area (Å²) in [5, 5.41) is 14.9. The molecule has 2 rings (SSSR count). The number of urea groups is 1. The average molecular weight is 445 g/mol. The van der Waals surface area contributed by atoms with Gasteiger partial charge in [0, 0.05) is 24.5 Å². The van der Waals surface area contributed by atoms with Crippen LogP contribution < -0.4 is 16.1 Å². The molecule has 0 saturated heterocycles. The normalized spacial score (nSPS) is 14.5. The summed E-state index contributed by atoms with van der Waals surface area (Å²) in [7, 11) is 0. The van der Waals surface area contributed by atoms with Gasteiger partial charge in [-0.15, -0.1) is 0 Å². The maximum Gasteiger partial charge on any atom is 0.319 e.